The molecule has 0 aromatic heterocycles. The van der Waals surface area contributed by atoms with E-state index in [-0.39, 0.29) is 11.5 Å². The van der Waals surface area contributed by atoms with Crippen molar-refractivity contribution in [1.29, 1.82) is 0 Å². The van der Waals surface area contributed by atoms with E-state index in [1.54, 1.807) is 37.4 Å². The average molecular weight is 348 g/mol. The molecule has 21 heavy (non-hydrogen) atoms. The number of carbonyl (C=O) groups excluding carboxylic acids is 1. The Kier molecular flexibility index (Phi) is 4.43. The SMILES string of the molecule is Cc1cccc(C(=O)N(C)c2ccccc2C(=O)O)c1Br. The number of hydrogen-bond donors (Lipinski definition) is 1. The Morgan fingerprint density at radius 1 is 1.05 bits per heavy atom. The van der Waals surface area contributed by atoms with Gasteiger partial charge in [-0.3, -0.25) is 4.79 Å². The Morgan fingerprint density at radius 3 is 2.33 bits per heavy atom. The van der Waals surface area contributed by atoms with Crippen molar-refractivity contribution in [3.63, 3.8) is 0 Å². The number of nitrogens with zero attached hydrogens (tertiary/aromatic N) is 1. The van der Waals surface area contributed by atoms with Gasteiger partial charge in [0, 0.05) is 11.5 Å². The number of carboxylic acid groups (broad SMARTS) is 1. The van der Waals surface area contributed by atoms with Crippen LogP contribution in [0.3, 0.4) is 0 Å². The molecule has 0 atom stereocenters. The van der Waals surface area contributed by atoms with Gasteiger partial charge in [0.1, 0.15) is 0 Å². The third-order valence-electron chi connectivity index (χ3n) is 3.22. The van der Waals surface area contributed by atoms with Crippen LogP contribution in [0.4, 0.5) is 5.69 Å². The number of hydrogen-bond acceptors (Lipinski definition) is 2. The van der Waals surface area contributed by atoms with Crippen molar-refractivity contribution < 1.29 is 14.7 Å². The summed E-state index contributed by atoms with van der Waals surface area (Å²) in [5.74, 6) is -1.33. The van der Waals surface area contributed by atoms with Crippen molar-refractivity contribution in [1.82, 2.24) is 0 Å². The Labute approximate surface area is 131 Å². The second-order valence-electron chi connectivity index (χ2n) is 4.62. The van der Waals surface area contributed by atoms with Gasteiger partial charge in [-0.05, 0) is 46.6 Å². The minimum Gasteiger partial charge on any atom is -0.478 e. The molecule has 2 aromatic rings. The zero-order valence-corrected chi connectivity index (χ0v) is 13.2. The van der Waals surface area contributed by atoms with Crippen LogP contribution in [0.15, 0.2) is 46.9 Å². The van der Waals surface area contributed by atoms with Gasteiger partial charge in [0.2, 0.25) is 0 Å². The second kappa shape index (κ2) is 6.10. The standard InChI is InChI=1S/C16H14BrNO3/c1-10-6-5-8-12(14(10)17)15(19)18(2)13-9-4-3-7-11(13)16(20)21/h3-9H,1-2H3,(H,20,21). The predicted molar refractivity (Wildman–Crippen MR) is 85.0 cm³/mol. The van der Waals surface area contributed by atoms with Gasteiger partial charge < -0.3 is 10.0 Å². The van der Waals surface area contributed by atoms with Crippen molar-refractivity contribution in [3.8, 4) is 0 Å². The molecule has 0 bridgehead atoms. The number of halogens is 1. The molecular weight excluding hydrogens is 334 g/mol. The fourth-order valence-electron chi connectivity index (χ4n) is 2.05. The van der Waals surface area contributed by atoms with Crippen LogP contribution in [0.2, 0.25) is 0 Å². The number of benzene rings is 2. The largest absolute Gasteiger partial charge is 0.478 e. The maximum absolute atomic E-state index is 12.6. The minimum atomic E-state index is -1.06. The van der Waals surface area contributed by atoms with E-state index in [4.69, 9.17) is 0 Å². The van der Waals surface area contributed by atoms with Crippen LogP contribution in [0.5, 0.6) is 0 Å². The summed E-state index contributed by atoms with van der Waals surface area (Å²) in [7, 11) is 1.57. The van der Waals surface area contributed by atoms with E-state index >= 15 is 0 Å². The van der Waals surface area contributed by atoms with Crippen LogP contribution >= 0.6 is 15.9 Å². The zero-order chi connectivity index (χ0) is 15.6. The van der Waals surface area contributed by atoms with Gasteiger partial charge >= 0.3 is 5.97 Å². The zero-order valence-electron chi connectivity index (χ0n) is 11.6. The molecule has 0 unspecified atom stereocenters. The monoisotopic (exact) mass is 347 g/mol. The molecular formula is C16H14BrNO3. The third-order valence-corrected chi connectivity index (χ3v) is 4.28. The summed E-state index contributed by atoms with van der Waals surface area (Å²) < 4.78 is 0.717. The number of anilines is 1. The number of carbonyl (C=O) groups is 2. The van der Waals surface area contributed by atoms with Crippen LogP contribution in [0.25, 0.3) is 0 Å². The summed E-state index contributed by atoms with van der Waals surface area (Å²) in [5, 5.41) is 9.22. The van der Waals surface area contributed by atoms with Gasteiger partial charge in [-0.25, -0.2) is 4.79 Å². The molecule has 4 nitrogen and oxygen atoms in total. The van der Waals surface area contributed by atoms with Gasteiger partial charge in [-0.15, -0.1) is 0 Å². The lowest BCUT2D eigenvalue weighted by molar-refractivity contribution is 0.0697. The molecule has 0 saturated carbocycles. The smallest absolute Gasteiger partial charge is 0.337 e. The van der Waals surface area contributed by atoms with Crippen molar-refractivity contribution in [3.05, 3.63) is 63.6 Å². The Balaban J connectivity index is 2.45. The van der Waals surface area contributed by atoms with Gasteiger partial charge in [-0.2, -0.15) is 0 Å². The molecule has 0 spiro atoms. The minimum absolute atomic E-state index is 0.0946. The fraction of sp³-hybridized carbons (Fsp3) is 0.125. The third kappa shape index (κ3) is 2.97. The molecule has 0 radical (unpaired) electrons. The second-order valence-corrected chi connectivity index (χ2v) is 5.42. The summed E-state index contributed by atoms with van der Waals surface area (Å²) in [5.41, 5.74) is 1.90. The lowest BCUT2D eigenvalue weighted by Crippen LogP contribution is -2.28. The van der Waals surface area contributed by atoms with Crippen molar-refractivity contribution in [2.75, 3.05) is 11.9 Å². The molecule has 0 heterocycles. The summed E-state index contributed by atoms with van der Waals surface area (Å²) in [6.45, 7) is 1.89. The molecule has 0 aliphatic heterocycles. The molecule has 0 saturated heterocycles. The summed E-state index contributed by atoms with van der Waals surface area (Å²) in [6, 6.07) is 11.8. The van der Waals surface area contributed by atoms with Gasteiger partial charge in [0.15, 0.2) is 0 Å². The molecule has 5 heteroatoms. The predicted octanol–water partition coefficient (Wildman–Crippen LogP) is 3.73. The summed E-state index contributed by atoms with van der Waals surface area (Å²) in [4.78, 5) is 25.2. The van der Waals surface area contributed by atoms with E-state index in [0.29, 0.717) is 11.3 Å². The maximum Gasteiger partial charge on any atom is 0.337 e. The molecule has 1 amide bonds. The molecule has 0 fully saturated rings. The van der Waals surface area contributed by atoms with Gasteiger partial charge in [0.25, 0.3) is 5.91 Å². The molecule has 0 aliphatic carbocycles. The van der Waals surface area contributed by atoms with E-state index in [9.17, 15) is 14.7 Å². The molecule has 108 valence electrons. The van der Waals surface area contributed by atoms with Crippen LogP contribution in [0.1, 0.15) is 26.3 Å². The highest BCUT2D eigenvalue weighted by Gasteiger charge is 2.21. The van der Waals surface area contributed by atoms with Crippen LogP contribution in [0, 0.1) is 6.92 Å². The first kappa shape index (κ1) is 15.3. The van der Waals surface area contributed by atoms with E-state index in [1.165, 1.54) is 11.0 Å². The lowest BCUT2D eigenvalue weighted by atomic mass is 10.1. The number of para-hydroxylation sites is 1. The van der Waals surface area contributed by atoms with Crippen LogP contribution < -0.4 is 4.90 Å². The number of aromatic carboxylic acids is 1. The van der Waals surface area contributed by atoms with E-state index in [1.807, 2.05) is 13.0 Å². The Hall–Kier alpha value is -2.14. The van der Waals surface area contributed by atoms with Crippen molar-refractivity contribution >= 4 is 33.5 Å². The van der Waals surface area contributed by atoms with Gasteiger partial charge in [0.05, 0.1) is 16.8 Å². The van der Waals surface area contributed by atoms with E-state index < -0.39 is 5.97 Å². The van der Waals surface area contributed by atoms with Crippen molar-refractivity contribution in [2.45, 2.75) is 6.92 Å². The molecule has 1 N–H and O–H groups in total. The molecule has 2 aromatic carbocycles. The molecule has 2 rings (SSSR count). The summed E-state index contributed by atoms with van der Waals surface area (Å²) >= 11 is 3.41. The quantitative estimate of drug-likeness (QED) is 0.920. The lowest BCUT2D eigenvalue weighted by Gasteiger charge is -2.20. The first-order valence-electron chi connectivity index (χ1n) is 6.29. The van der Waals surface area contributed by atoms with Crippen molar-refractivity contribution in [2.24, 2.45) is 0 Å². The maximum atomic E-state index is 12.6. The van der Waals surface area contributed by atoms with Gasteiger partial charge in [-0.1, -0.05) is 24.3 Å². The van der Waals surface area contributed by atoms with Crippen LogP contribution in [-0.4, -0.2) is 24.0 Å². The number of aryl methyl sites for hydroxylation is 1. The number of rotatable bonds is 3. The van der Waals surface area contributed by atoms with Crippen LogP contribution in [-0.2, 0) is 0 Å². The van der Waals surface area contributed by atoms with E-state index in [2.05, 4.69) is 15.9 Å². The highest BCUT2D eigenvalue weighted by Crippen LogP contribution is 2.26. The Morgan fingerprint density at radius 2 is 1.67 bits per heavy atom. The highest BCUT2D eigenvalue weighted by molar-refractivity contribution is 9.10. The molecule has 0 aliphatic rings. The summed E-state index contributed by atoms with van der Waals surface area (Å²) in [6.07, 6.45) is 0. The topological polar surface area (TPSA) is 57.6 Å². The fourth-order valence-corrected chi connectivity index (χ4v) is 2.48. The average Bonchev–Trinajstić information content (AvgIpc) is 2.48. The normalized spacial score (nSPS) is 10.2. The first-order chi connectivity index (χ1) is 9.93. The van der Waals surface area contributed by atoms with E-state index in [0.717, 1.165) is 10.0 Å². The number of carboxylic acids is 1. The Bertz CT molecular complexity index is 712. The first-order valence-corrected chi connectivity index (χ1v) is 7.08. The number of amides is 1. The highest BCUT2D eigenvalue weighted by atomic mass is 79.9.